The molecule has 3 unspecified atom stereocenters. The quantitative estimate of drug-likeness (QED) is 0.588. The first-order chi connectivity index (χ1) is 14.4. The van der Waals surface area contributed by atoms with Crippen molar-refractivity contribution in [3.63, 3.8) is 0 Å². The predicted molar refractivity (Wildman–Crippen MR) is 117 cm³/mol. The molecule has 0 bridgehead atoms. The van der Waals surface area contributed by atoms with Crippen LogP contribution >= 0.6 is 0 Å². The molecule has 2 aliphatic heterocycles. The normalized spacial score (nSPS) is 23.3. The van der Waals surface area contributed by atoms with Crippen molar-refractivity contribution in [3.8, 4) is 5.75 Å². The number of aliphatic hydroxyl groups excluding tert-OH is 2. The van der Waals surface area contributed by atoms with Crippen molar-refractivity contribution in [2.24, 2.45) is 0 Å². The van der Waals surface area contributed by atoms with Crippen molar-refractivity contribution in [2.45, 2.75) is 51.3 Å². The zero-order valence-corrected chi connectivity index (χ0v) is 18.6. The molecular weight excluding hydrogens is 382 g/mol. The molecule has 2 aliphatic rings. The fourth-order valence-electron chi connectivity index (χ4n) is 4.90. The zero-order chi connectivity index (χ0) is 21.7. The predicted octanol–water partition coefficient (Wildman–Crippen LogP) is 1.33. The zero-order valence-electron chi connectivity index (χ0n) is 18.6. The summed E-state index contributed by atoms with van der Waals surface area (Å²) in [5, 5.41) is 19.2. The van der Waals surface area contributed by atoms with Gasteiger partial charge in [0.2, 0.25) is 6.41 Å². The van der Waals surface area contributed by atoms with Crippen LogP contribution in [-0.2, 0) is 4.79 Å². The van der Waals surface area contributed by atoms with Gasteiger partial charge in [0.25, 0.3) is 0 Å². The van der Waals surface area contributed by atoms with E-state index in [0.717, 1.165) is 50.2 Å². The van der Waals surface area contributed by atoms with Crippen LogP contribution in [0.1, 0.15) is 42.0 Å². The lowest BCUT2D eigenvalue weighted by molar-refractivity contribution is -0.122. The van der Waals surface area contributed by atoms with Gasteiger partial charge in [0, 0.05) is 44.8 Å². The molecule has 1 aromatic carbocycles. The summed E-state index contributed by atoms with van der Waals surface area (Å²) in [5.74, 6) is 0.818. The van der Waals surface area contributed by atoms with Crippen molar-refractivity contribution in [1.29, 1.82) is 0 Å². The van der Waals surface area contributed by atoms with E-state index in [4.69, 9.17) is 9.84 Å². The number of aliphatic hydroxyl groups is 2. The third-order valence-electron chi connectivity index (χ3n) is 6.70. The highest BCUT2D eigenvalue weighted by atomic mass is 16.5. The van der Waals surface area contributed by atoms with Crippen LogP contribution in [0.4, 0.5) is 0 Å². The number of hydrogen-bond acceptors (Lipinski definition) is 6. The van der Waals surface area contributed by atoms with E-state index in [1.807, 2.05) is 22.9 Å². The van der Waals surface area contributed by atoms with Gasteiger partial charge in [-0.25, -0.2) is 0 Å². The van der Waals surface area contributed by atoms with Gasteiger partial charge in [0.05, 0.1) is 6.61 Å². The fourth-order valence-corrected chi connectivity index (χ4v) is 4.90. The standard InChI is InChI=1S/C23H37N3O4/c1-17-18(2)23(30-15-20(29)14-24(3)11-12-27)8-7-21(17)22-6-4-5-19-13-25(16-28)9-10-26(19)22/h7-8,16,19-20,22,27,29H,4-6,9-15H2,1-3H3. The Labute approximate surface area is 180 Å². The van der Waals surface area contributed by atoms with E-state index in [0.29, 0.717) is 25.2 Å². The molecule has 1 amide bonds. The Morgan fingerprint density at radius 1 is 1.27 bits per heavy atom. The summed E-state index contributed by atoms with van der Waals surface area (Å²) in [6.07, 6.45) is 3.87. The van der Waals surface area contributed by atoms with Crippen molar-refractivity contribution in [3.05, 3.63) is 28.8 Å². The van der Waals surface area contributed by atoms with Crippen LogP contribution < -0.4 is 4.74 Å². The van der Waals surface area contributed by atoms with Crippen molar-refractivity contribution < 1.29 is 19.7 Å². The van der Waals surface area contributed by atoms with Gasteiger partial charge in [-0.15, -0.1) is 0 Å². The summed E-state index contributed by atoms with van der Waals surface area (Å²) in [6, 6.07) is 5.06. The van der Waals surface area contributed by atoms with E-state index >= 15 is 0 Å². The summed E-state index contributed by atoms with van der Waals surface area (Å²) in [4.78, 5) is 17.6. The van der Waals surface area contributed by atoms with E-state index in [9.17, 15) is 9.90 Å². The van der Waals surface area contributed by atoms with Crippen LogP contribution in [0.3, 0.4) is 0 Å². The number of hydrogen-bond donors (Lipinski definition) is 2. The summed E-state index contributed by atoms with van der Waals surface area (Å²) in [5.41, 5.74) is 3.73. The van der Waals surface area contributed by atoms with Gasteiger partial charge in [0.15, 0.2) is 0 Å². The van der Waals surface area contributed by atoms with E-state index in [1.54, 1.807) is 0 Å². The van der Waals surface area contributed by atoms with Crippen LogP contribution in [0.25, 0.3) is 0 Å². The Hall–Kier alpha value is -1.67. The molecule has 0 spiro atoms. The number of benzene rings is 1. The van der Waals surface area contributed by atoms with Crippen molar-refractivity contribution >= 4 is 6.41 Å². The minimum Gasteiger partial charge on any atom is -0.491 e. The molecule has 0 aliphatic carbocycles. The van der Waals surface area contributed by atoms with E-state index in [2.05, 4.69) is 24.8 Å². The first kappa shape index (κ1) is 23.0. The SMILES string of the molecule is Cc1c(OCC(O)CN(C)CCO)ccc(C2CCCC3CN(C=O)CCN32)c1C. The van der Waals surface area contributed by atoms with Gasteiger partial charge in [-0.3, -0.25) is 9.69 Å². The summed E-state index contributed by atoms with van der Waals surface area (Å²) in [6.45, 7) is 8.13. The maximum Gasteiger partial charge on any atom is 0.209 e. The molecule has 2 fully saturated rings. The number of rotatable bonds is 9. The average Bonchev–Trinajstić information content (AvgIpc) is 2.74. The van der Waals surface area contributed by atoms with E-state index < -0.39 is 6.10 Å². The van der Waals surface area contributed by atoms with Gasteiger partial charge >= 0.3 is 0 Å². The topological polar surface area (TPSA) is 76.5 Å². The molecule has 2 saturated heterocycles. The number of ether oxygens (including phenoxy) is 1. The molecule has 7 nitrogen and oxygen atoms in total. The summed E-state index contributed by atoms with van der Waals surface area (Å²) < 4.78 is 5.94. The number of carbonyl (C=O) groups excluding carboxylic acids is 1. The minimum absolute atomic E-state index is 0.0794. The molecule has 0 aromatic heterocycles. The molecule has 0 saturated carbocycles. The second-order valence-electron chi connectivity index (χ2n) is 8.79. The Bertz CT molecular complexity index is 714. The van der Waals surface area contributed by atoms with E-state index in [-0.39, 0.29) is 13.2 Å². The number of amides is 1. The van der Waals surface area contributed by atoms with Gasteiger partial charge < -0.3 is 24.7 Å². The first-order valence-electron chi connectivity index (χ1n) is 11.1. The Morgan fingerprint density at radius 2 is 2.07 bits per heavy atom. The molecule has 7 heteroatoms. The number of likely N-dealkylation sites (N-methyl/N-ethyl adjacent to an activating group) is 1. The lowest BCUT2D eigenvalue weighted by Crippen LogP contribution is -2.55. The third kappa shape index (κ3) is 5.32. The maximum atomic E-state index is 11.2. The number of piperidine rings is 1. The molecule has 1 aromatic rings. The van der Waals surface area contributed by atoms with Gasteiger partial charge in [0.1, 0.15) is 18.5 Å². The molecule has 30 heavy (non-hydrogen) atoms. The largest absolute Gasteiger partial charge is 0.491 e. The molecule has 2 heterocycles. The van der Waals surface area contributed by atoms with Crippen LogP contribution in [0.15, 0.2) is 12.1 Å². The maximum absolute atomic E-state index is 11.2. The Kier molecular flexibility index (Phi) is 8.11. The Morgan fingerprint density at radius 3 is 2.80 bits per heavy atom. The van der Waals surface area contributed by atoms with Crippen LogP contribution in [0.5, 0.6) is 5.75 Å². The second-order valence-corrected chi connectivity index (χ2v) is 8.79. The monoisotopic (exact) mass is 419 g/mol. The van der Waals surface area contributed by atoms with Gasteiger partial charge in [-0.2, -0.15) is 0 Å². The summed E-state index contributed by atoms with van der Waals surface area (Å²) in [7, 11) is 1.87. The van der Waals surface area contributed by atoms with Crippen LogP contribution in [0, 0.1) is 13.8 Å². The molecule has 2 N–H and O–H groups in total. The number of piperazine rings is 1. The second kappa shape index (κ2) is 10.6. The molecule has 168 valence electrons. The Balaban J connectivity index is 1.66. The highest BCUT2D eigenvalue weighted by molar-refractivity contribution is 5.48. The fraction of sp³-hybridized carbons (Fsp3) is 0.696. The molecule has 3 rings (SSSR count). The lowest BCUT2D eigenvalue weighted by Gasteiger charge is -2.48. The van der Waals surface area contributed by atoms with Gasteiger partial charge in [-0.1, -0.05) is 6.07 Å². The highest BCUT2D eigenvalue weighted by Crippen LogP contribution is 2.39. The van der Waals surface area contributed by atoms with E-state index in [1.165, 1.54) is 17.5 Å². The van der Waals surface area contributed by atoms with Crippen LogP contribution in [-0.4, -0.2) is 96.5 Å². The minimum atomic E-state index is -0.603. The van der Waals surface area contributed by atoms with Gasteiger partial charge in [-0.05, 0) is 62.9 Å². The smallest absolute Gasteiger partial charge is 0.209 e. The lowest BCUT2D eigenvalue weighted by atomic mass is 9.86. The van der Waals surface area contributed by atoms with Crippen LogP contribution in [0.2, 0.25) is 0 Å². The number of nitrogens with zero attached hydrogens (tertiary/aromatic N) is 3. The van der Waals surface area contributed by atoms with Crippen molar-refractivity contribution in [1.82, 2.24) is 14.7 Å². The highest BCUT2D eigenvalue weighted by Gasteiger charge is 2.36. The first-order valence-corrected chi connectivity index (χ1v) is 11.1. The number of fused-ring (bicyclic) bond motifs is 1. The molecular formula is C23H37N3O4. The van der Waals surface area contributed by atoms with Crippen molar-refractivity contribution in [2.75, 3.05) is 53.0 Å². The average molecular weight is 420 g/mol. The molecule has 3 atom stereocenters. The summed E-state index contributed by atoms with van der Waals surface area (Å²) >= 11 is 0. The third-order valence-corrected chi connectivity index (χ3v) is 6.70. The number of carbonyl (C=O) groups is 1. The molecule has 0 radical (unpaired) electrons.